The summed E-state index contributed by atoms with van der Waals surface area (Å²) in [5.41, 5.74) is 1.60. The van der Waals surface area contributed by atoms with Crippen LogP contribution >= 0.6 is 7.82 Å². The first-order chi connectivity index (χ1) is 15.5. The molecular weight excluding hydrogens is 469 g/mol. The Hall–Kier alpha value is -2.56. The first-order valence-corrected chi connectivity index (χ1v) is 13.3. The molecule has 2 aromatic rings. The van der Waals surface area contributed by atoms with Gasteiger partial charge in [0.2, 0.25) is 10.0 Å². The molecule has 10 nitrogen and oxygen atoms in total. The Morgan fingerprint density at radius 3 is 2.12 bits per heavy atom. The van der Waals surface area contributed by atoms with Crippen molar-refractivity contribution < 1.29 is 32.6 Å². The van der Waals surface area contributed by atoms with E-state index in [1.165, 1.54) is 22.5 Å². The maximum absolute atomic E-state index is 13.4. The number of benzene rings is 2. The van der Waals surface area contributed by atoms with Crippen molar-refractivity contribution in [1.29, 1.82) is 0 Å². The number of fused-ring (bicyclic) bond motifs is 2. The highest BCUT2D eigenvalue weighted by molar-refractivity contribution is 7.89. The van der Waals surface area contributed by atoms with Crippen LogP contribution in [-0.2, 0) is 19.2 Å². The number of nitrogens with zero attached hydrogens (tertiary/aromatic N) is 3. The molecule has 0 radical (unpaired) electrons. The van der Waals surface area contributed by atoms with Crippen LogP contribution in [0.2, 0.25) is 0 Å². The lowest BCUT2D eigenvalue weighted by molar-refractivity contribution is 0.205. The molecule has 0 bridgehead atoms. The Kier molecular flexibility index (Phi) is 6.19. The maximum Gasteiger partial charge on any atom is 0.545 e. The second-order valence-electron chi connectivity index (χ2n) is 8.48. The molecule has 1 fully saturated rings. The predicted molar refractivity (Wildman–Crippen MR) is 121 cm³/mol. The highest BCUT2D eigenvalue weighted by Crippen LogP contribution is 2.38. The van der Waals surface area contributed by atoms with Gasteiger partial charge in [-0.1, -0.05) is 54.5 Å². The van der Waals surface area contributed by atoms with Gasteiger partial charge >= 0.3 is 7.82 Å². The van der Waals surface area contributed by atoms with Gasteiger partial charge in [0.05, 0.1) is 4.90 Å². The largest absolute Gasteiger partial charge is 0.545 e. The number of rotatable bonds is 4. The Morgan fingerprint density at radius 2 is 1.55 bits per heavy atom. The van der Waals surface area contributed by atoms with E-state index in [1.54, 1.807) is 24.3 Å². The van der Waals surface area contributed by atoms with Crippen molar-refractivity contribution in [3.05, 3.63) is 64.7 Å². The van der Waals surface area contributed by atoms with Crippen LogP contribution in [0.4, 0.5) is 0 Å². The van der Waals surface area contributed by atoms with Crippen molar-refractivity contribution in [2.75, 3.05) is 13.1 Å². The molecule has 2 aliphatic rings. The van der Waals surface area contributed by atoms with Gasteiger partial charge in [-0.15, -0.1) is 0 Å². The van der Waals surface area contributed by atoms with Crippen molar-refractivity contribution in [2.24, 2.45) is 22.1 Å². The molecule has 0 saturated carbocycles. The normalized spacial score (nSPS) is 23.9. The number of piperidine rings is 1. The third-order valence-electron chi connectivity index (χ3n) is 5.75. The van der Waals surface area contributed by atoms with Crippen LogP contribution in [0.25, 0.3) is 0 Å². The quantitative estimate of drug-likeness (QED) is 0.287. The molecule has 3 N–H and O–H groups in total. The monoisotopic (exact) mass is 493 g/mol. The van der Waals surface area contributed by atoms with Crippen LogP contribution in [0, 0.1) is 11.8 Å². The van der Waals surface area contributed by atoms with Crippen molar-refractivity contribution in [3.8, 4) is 0 Å². The van der Waals surface area contributed by atoms with Gasteiger partial charge in [0.25, 0.3) is 0 Å². The van der Waals surface area contributed by atoms with Crippen molar-refractivity contribution >= 4 is 29.3 Å². The van der Waals surface area contributed by atoms with Crippen LogP contribution in [-0.4, -0.2) is 52.2 Å². The van der Waals surface area contributed by atoms with E-state index in [2.05, 4.69) is 14.9 Å². The molecule has 1 aliphatic heterocycles. The van der Waals surface area contributed by atoms with Crippen LogP contribution in [0.5, 0.6) is 0 Å². The summed E-state index contributed by atoms with van der Waals surface area (Å²) in [6, 6.07) is 10.9. The molecule has 0 amide bonds. The van der Waals surface area contributed by atoms with Gasteiger partial charge < -0.3 is 5.21 Å². The zero-order chi connectivity index (χ0) is 24.0. The summed E-state index contributed by atoms with van der Waals surface area (Å²) in [5, 5.41) is 16.7. The van der Waals surface area contributed by atoms with E-state index in [4.69, 9.17) is 9.79 Å². The minimum Gasteiger partial charge on any atom is -0.410 e. The van der Waals surface area contributed by atoms with Gasteiger partial charge in [-0.25, -0.2) is 13.0 Å². The Balaban J connectivity index is 1.88. The molecule has 0 spiro atoms. The molecule has 2 atom stereocenters. The summed E-state index contributed by atoms with van der Waals surface area (Å²) < 4.78 is 44.0. The highest BCUT2D eigenvalue weighted by atomic mass is 32.2. The summed E-state index contributed by atoms with van der Waals surface area (Å²) in [5.74, 6) is 0.435. The van der Waals surface area contributed by atoms with Crippen molar-refractivity contribution in [2.45, 2.75) is 25.2 Å². The number of oxime groups is 2. The fraction of sp³-hybridized carbons (Fsp3) is 0.333. The summed E-state index contributed by atoms with van der Waals surface area (Å²) in [6.07, 6.45) is 0.944. The lowest BCUT2D eigenvalue weighted by atomic mass is 9.83. The van der Waals surface area contributed by atoms with Crippen LogP contribution in [0.15, 0.2) is 57.7 Å². The van der Waals surface area contributed by atoms with Crippen LogP contribution in [0.3, 0.4) is 0 Å². The van der Waals surface area contributed by atoms with E-state index in [0.29, 0.717) is 29.8 Å². The van der Waals surface area contributed by atoms with E-state index >= 15 is 0 Å². The second-order valence-corrected chi connectivity index (χ2v) is 11.6. The molecular formula is C21H24N3O7PS. The van der Waals surface area contributed by atoms with Crippen molar-refractivity contribution in [3.63, 3.8) is 0 Å². The van der Waals surface area contributed by atoms with Crippen LogP contribution in [0.1, 0.15) is 42.5 Å². The van der Waals surface area contributed by atoms with Crippen molar-refractivity contribution in [1.82, 2.24) is 4.31 Å². The summed E-state index contributed by atoms with van der Waals surface area (Å²) in [6.45, 7) is 4.82. The minimum atomic E-state index is -4.95. The van der Waals surface area contributed by atoms with Gasteiger partial charge in [0, 0.05) is 35.3 Å². The Morgan fingerprint density at radius 1 is 0.970 bits per heavy atom. The second kappa shape index (κ2) is 8.66. The summed E-state index contributed by atoms with van der Waals surface area (Å²) >= 11 is 0. The predicted octanol–water partition coefficient (Wildman–Crippen LogP) is 2.75. The number of hydrogen-bond acceptors (Lipinski definition) is 7. The van der Waals surface area contributed by atoms with Gasteiger partial charge in [-0.3, -0.25) is 14.4 Å². The fourth-order valence-electron chi connectivity index (χ4n) is 4.52. The maximum atomic E-state index is 13.4. The molecule has 1 heterocycles. The molecule has 0 aromatic heterocycles. The van der Waals surface area contributed by atoms with Gasteiger partial charge in [-0.2, -0.15) is 4.31 Å². The summed E-state index contributed by atoms with van der Waals surface area (Å²) in [4.78, 5) is 18.3. The van der Waals surface area contributed by atoms with E-state index in [1.807, 2.05) is 13.8 Å². The molecule has 2 unspecified atom stereocenters. The number of phosphoric acid groups is 1. The molecule has 12 heteroatoms. The SMILES string of the molecule is CC1CC(C)CN(S(=O)(=O)c2ccc3c(c2)/C(=N/OP(=O)(O)O)c2ccccc2/C3=N/O)C1. The third kappa shape index (κ3) is 4.60. The Bertz CT molecular complexity index is 1290. The minimum absolute atomic E-state index is 0.00287. The van der Waals surface area contributed by atoms with Gasteiger partial charge in [0.1, 0.15) is 11.4 Å². The molecule has 176 valence electrons. The average molecular weight is 493 g/mol. The highest BCUT2D eigenvalue weighted by Gasteiger charge is 2.34. The lowest BCUT2D eigenvalue weighted by Gasteiger charge is -2.34. The summed E-state index contributed by atoms with van der Waals surface area (Å²) in [7, 11) is -8.80. The third-order valence-corrected chi connectivity index (χ3v) is 7.87. The molecule has 1 aliphatic carbocycles. The molecule has 4 rings (SSSR count). The van der Waals surface area contributed by atoms with Crippen LogP contribution < -0.4 is 0 Å². The van der Waals surface area contributed by atoms with Gasteiger partial charge in [0.15, 0.2) is 0 Å². The standard InChI is InChI=1S/C21H24N3O7PS/c1-13-9-14(2)12-24(11-13)33(29,30)15-7-8-18-19(10-15)21(23-31-32(26,27)28)17-6-4-3-5-16(17)20(18)22-25/h3-8,10,13-14,25H,9,11-12H2,1-2H3,(H2,26,27,28)/b22-20-,23-21+. The molecule has 2 aromatic carbocycles. The number of hydrogen-bond donors (Lipinski definition) is 3. The first kappa shape index (κ1) is 23.6. The smallest absolute Gasteiger partial charge is 0.410 e. The van der Waals surface area contributed by atoms with E-state index in [-0.39, 0.29) is 33.7 Å². The molecule has 33 heavy (non-hydrogen) atoms. The zero-order valence-electron chi connectivity index (χ0n) is 18.0. The van der Waals surface area contributed by atoms with E-state index in [9.17, 15) is 18.2 Å². The molecule has 1 saturated heterocycles. The average Bonchev–Trinajstić information content (AvgIpc) is 2.75. The van der Waals surface area contributed by atoms with E-state index in [0.717, 1.165) is 6.42 Å². The van der Waals surface area contributed by atoms with E-state index < -0.39 is 17.8 Å². The lowest BCUT2D eigenvalue weighted by Crippen LogP contribution is -2.42. The van der Waals surface area contributed by atoms with Gasteiger partial charge in [-0.05, 0) is 30.4 Å². The first-order valence-electron chi connectivity index (χ1n) is 10.3. The number of sulfonamides is 1. The zero-order valence-corrected chi connectivity index (χ0v) is 19.7. The Labute approximate surface area is 191 Å². The topological polar surface area (TPSA) is 149 Å². The fourth-order valence-corrected chi connectivity index (χ4v) is 6.42.